The predicted octanol–water partition coefficient (Wildman–Crippen LogP) is 3.46. The summed E-state index contributed by atoms with van der Waals surface area (Å²) in [6, 6.07) is 0. The summed E-state index contributed by atoms with van der Waals surface area (Å²) in [4.78, 5) is 0. The van der Waals surface area contributed by atoms with Gasteiger partial charge in [0.15, 0.2) is 0 Å². The third-order valence-electron chi connectivity index (χ3n) is 2.04. The SMILES string of the molecule is CCC1C=CC(C(F)(F)F)=CC1. The van der Waals surface area contributed by atoms with E-state index >= 15 is 0 Å². The highest BCUT2D eigenvalue weighted by Gasteiger charge is 2.32. The molecule has 0 aliphatic heterocycles. The maximum atomic E-state index is 12.1. The van der Waals surface area contributed by atoms with Gasteiger partial charge in [-0.3, -0.25) is 0 Å². The summed E-state index contributed by atoms with van der Waals surface area (Å²) in [6.07, 6.45) is 1.34. The Labute approximate surface area is 69.8 Å². The van der Waals surface area contributed by atoms with Crippen LogP contribution in [0.15, 0.2) is 23.8 Å². The Kier molecular flexibility index (Phi) is 2.60. The molecule has 1 aliphatic rings. The molecule has 1 aliphatic carbocycles. The molecule has 0 spiro atoms. The smallest absolute Gasteiger partial charge is 0.166 e. The fourth-order valence-corrected chi connectivity index (χ4v) is 1.18. The monoisotopic (exact) mass is 176 g/mol. The lowest BCUT2D eigenvalue weighted by molar-refractivity contribution is -0.0887. The van der Waals surface area contributed by atoms with Gasteiger partial charge in [-0.25, -0.2) is 0 Å². The average molecular weight is 176 g/mol. The second-order valence-electron chi connectivity index (χ2n) is 2.92. The van der Waals surface area contributed by atoms with Gasteiger partial charge in [-0.15, -0.1) is 0 Å². The zero-order valence-corrected chi connectivity index (χ0v) is 6.86. The molecule has 0 N–H and O–H groups in total. The molecule has 1 atom stereocenters. The van der Waals surface area contributed by atoms with Gasteiger partial charge in [0.25, 0.3) is 0 Å². The van der Waals surface area contributed by atoms with Crippen LogP contribution in [0.5, 0.6) is 0 Å². The lowest BCUT2D eigenvalue weighted by Gasteiger charge is -2.15. The van der Waals surface area contributed by atoms with E-state index in [1.165, 1.54) is 12.2 Å². The number of allylic oxidation sites excluding steroid dienone is 4. The van der Waals surface area contributed by atoms with Crippen molar-refractivity contribution in [3.63, 3.8) is 0 Å². The molecule has 0 saturated carbocycles. The molecule has 1 rings (SSSR count). The highest BCUT2D eigenvalue weighted by Crippen LogP contribution is 2.31. The summed E-state index contributed by atoms with van der Waals surface area (Å²) in [5.74, 6) is 0.288. The van der Waals surface area contributed by atoms with Crippen LogP contribution in [-0.4, -0.2) is 6.18 Å². The van der Waals surface area contributed by atoms with Gasteiger partial charge >= 0.3 is 6.18 Å². The van der Waals surface area contributed by atoms with E-state index in [-0.39, 0.29) is 5.92 Å². The second kappa shape index (κ2) is 3.33. The molecular formula is C9H11F3. The van der Waals surface area contributed by atoms with Gasteiger partial charge in [-0.05, 0) is 18.8 Å². The molecule has 68 valence electrons. The highest BCUT2D eigenvalue weighted by atomic mass is 19.4. The van der Waals surface area contributed by atoms with Crippen LogP contribution < -0.4 is 0 Å². The largest absolute Gasteiger partial charge is 0.416 e. The normalized spacial score (nSPS) is 24.0. The predicted molar refractivity (Wildman–Crippen MR) is 41.7 cm³/mol. The van der Waals surface area contributed by atoms with E-state index in [0.29, 0.717) is 6.42 Å². The van der Waals surface area contributed by atoms with Crippen LogP contribution in [0.25, 0.3) is 0 Å². The third-order valence-corrected chi connectivity index (χ3v) is 2.04. The van der Waals surface area contributed by atoms with Gasteiger partial charge in [0, 0.05) is 0 Å². The quantitative estimate of drug-likeness (QED) is 0.574. The molecule has 0 aromatic rings. The second-order valence-corrected chi connectivity index (χ2v) is 2.92. The van der Waals surface area contributed by atoms with Gasteiger partial charge in [0.05, 0.1) is 5.57 Å². The van der Waals surface area contributed by atoms with Gasteiger partial charge < -0.3 is 0 Å². The molecule has 0 saturated heterocycles. The fourth-order valence-electron chi connectivity index (χ4n) is 1.18. The Morgan fingerprint density at radius 2 is 2.17 bits per heavy atom. The zero-order chi connectivity index (χ0) is 9.19. The van der Waals surface area contributed by atoms with Crippen molar-refractivity contribution in [2.24, 2.45) is 5.92 Å². The highest BCUT2D eigenvalue weighted by molar-refractivity contribution is 5.27. The van der Waals surface area contributed by atoms with Crippen molar-refractivity contribution in [3.8, 4) is 0 Å². The fraction of sp³-hybridized carbons (Fsp3) is 0.556. The Balaban J connectivity index is 2.64. The van der Waals surface area contributed by atoms with Crippen LogP contribution in [0.4, 0.5) is 13.2 Å². The van der Waals surface area contributed by atoms with Crippen LogP contribution >= 0.6 is 0 Å². The average Bonchev–Trinajstić information content (AvgIpc) is 2.03. The summed E-state index contributed by atoms with van der Waals surface area (Å²) < 4.78 is 36.2. The lowest BCUT2D eigenvalue weighted by Crippen LogP contribution is -2.13. The van der Waals surface area contributed by atoms with Crippen LogP contribution in [-0.2, 0) is 0 Å². The first kappa shape index (κ1) is 9.36. The van der Waals surface area contributed by atoms with E-state index in [0.717, 1.165) is 6.42 Å². The van der Waals surface area contributed by atoms with Crippen molar-refractivity contribution in [3.05, 3.63) is 23.8 Å². The molecule has 0 aromatic carbocycles. The number of hydrogen-bond donors (Lipinski definition) is 0. The van der Waals surface area contributed by atoms with Crippen molar-refractivity contribution in [1.29, 1.82) is 0 Å². The van der Waals surface area contributed by atoms with Crippen molar-refractivity contribution < 1.29 is 13.2 Å². The van der Waals surface area contributed by atoms with E-state index in [2.05, 4.69) is 0 Å². The Hall–Kier alpha value is -0.730. The van der Waals surface area contributed by atoms with Gasteiger partial charge in [0.2, 0.25) is 0 Å². The Bertz CT molecular complexity index is 210. The number of halogens is 3. The van der Waals surface area contributed by atoms with Crippen molar-refractivity contribution in [1.82, 2.24) is 0 Å². The Morgan fingerprint density at radius 1 is 1.50 bits per heavy atom. The minimum absolute atomic E-state index is 0.288. The molecule has 1 unspecified atom stereocenters. The summed E-state index contributed by atoms with van der Waals surface area (Å²) in [7, 11) is 0. The molecule has 0 radical (unpaired) electrons. The van der Waals surface area contributed by atoms with Crippen LogP contribution in [0, 0.1) is 5.92 Å². The summed E-state index contributed by atoms with van der Waals surface area (Å²) in [5, 5.41) is 0. The first-order valence-electron chi connectivity index (χ1n) is 3.99. The minimum Gasteiger partial charge on any atom is -0.166 e. The van der Waals surface area contributed by atoms with E-state index in [9.17, 15) is 13.2 Å². The van der Waals surface area contributed by atoms with Crippen LogP contribution in [0.1, 0.15) is 19.8 Å². The van der Waals surface area contributed by atoms with E-state index in [4.69, 9.17) is 0 Å². The standard InChI is InChI=1S/C9H11F3/c1-2-7-3-5-8(6-4-7)9(10,11)12/h3,5-7H,2,4H2,1H3. The van der Waals surface area contributed by atoms with Gasteiger partial charge in [-0.2, -0.15) is 13.2 Å². The first-order valence-corrected chi connectivity index (χ1v) is 3.99. The molecule has 0 bridgehead atoms. The van der Waals surface area contributed by atoms with Crippen LogP contribution in [0.3, 0.4) is 0 Å². The van der Waals surface area contributed by atoms with Crippen LogP contribution in [0.2, 0.25) is 0 Å². The van der Waals surface area contributed by atoms with Crippen molar-refractivity contribution in [2.75, 3.05) is 0 Å². The maximum Gasteiger partial charge on any atom is 0.416 e. The topological polar surface area (TPSA) is 0 Å². The molecule has 0 aromatic heterocycles. The van der Waals surface area contributed by atoms with E-state index in [1.54, 1.807) is 6.08 Å². The first-order chi connectivity index (χ1) is 5.54. The Morgan fingerprint density at radius 3 is 2.50 bits per heavy atom. The van der Waals surface area contributed by atoms with Gasteiger partial charge in [-0.1, -0.05) is 25.2 Å². The maximum absolute atomic E-state index is 12.1. The molecule has 0 heterocycles. The minimum atomic E-state index is -4.17. The zero-order valence-electron chi connectivity index (χ0n) is 6.86. The molecule has 0 fully saturated rings. The molecule has 0 nitrogen and oxygen atoms in total. The van der Waals surface area contributed by atoms with Crippen molar-refractivity contribution >= 4 is 0 Å². The number of alkyl halides is 3. The van der Waals surface area contributed by atoms with E-state index < -0.39 is 11.7 Å². The number of hydrogen-bond acceptors (Lipinski definition) is 0. The summed E-state index contributed by atoms with van der Waals surface area (Å²) >= 11 is 0. The summed E-state index contributed by atoms with van der Waals surface area (Å²) in [5.41, 5.74) is -0.507. The molecule has 0 amide bonds. The van der Waals surface area contributed by atoms with Crippen molar-refractivity contribution in [2.45, 2.75) is 25.9 Å². The molecular weight excluding hydrogens is 165 g/mol. The lowest BCUT2D eigenvalue weighted by atomic mass is 9.94. The van der Waals surface area contributed by atoms with Gasteiger partial charge in [0.1, 0.15) is 0 Å². The molecule has 3 heteroatoms. The van der Waals surface area contributed by atoms with E-state index in [1.807, 2.05) is 6.92 Å². The third kappa shape index (κ3) is 2.13. The number of rotatable bonds is 1. The summed E-state index contributed by atoms with van der Waals surface area (Å²) in [6.45, 7) is 1.97. The molecule has 12 heavy (non-hydrogen) atoms.